The monoisotopic (exact) mass is 436 g/mol. The maximum atomic E-state index is 10.3. The lowest BCUT2D eigenvalue weighted by molar-refractivity contribution is -0.115. The Balaban J connectivity index is -0.000000338. The summed E-state index contributed by atoms with van der Waals surface area (Å²) in [5, 5.41) is 0. The van der Waals surface area contributed by atoms with Gasteiger partial charge >= 0.3 is 0 Å². The van der Waals surface area contributed by atoms with E-state index in [0.717, 1.165) is 25.7 Å². The van der Waals surface area contributed by atoms with Gasteiger partial charge in [0.1, 0.15) is 0 Å². The van der Waals surface area contributed by atoms with E-state index in [9.17, 15) is 19.2 Å². The van der Waals surface area contributed by atoms with Crippen LogP contribution >= 0.6 is 0 Å². The molecular formula is C23H40N4O4. The van der Waals surface area contributed by atoms with Crippen LogP contribution in [0.15, 0.2) is 48.6 Å². The van der Waals surface area contributed by atoms with Gasteiger partial charge in [0.25, 0.3) is 0 Å². The summed E-state index contributed by atoms with van der Waals surface area (Å²) in [5.41, 5.74) is 21.6. The summed E-state index contributed by atoms with van der Waals surface area (Å²) in [6.07, 6.45) is 4.50. The SMILES string of the molecule is C=C(C(N)=O)C(C)C.C=C(C(N)=O)C1CC1.C=C(CC)C(N)=O.C=C(CCC)C(N)=O. The van der Waals surface area contributed by atoms with Gasteiger partial charge in [-0.05, 0) is 37.5 Å². The lowest BCUT2D eigenvalue weighted by Gasteiger charge is -2.01. The highest BCUT2D eigenvalue weighted by Gasteiger charge is 2.27. The molecule has 0 saturated heterocycles. The number of carbonyl (C=O) groups is 4. The van der Waals surface area contributed by atoms with Crippen LogP contribution in [0.4, 0.5) is 0 Å². The van der Waals surface area contributed by atoms with Crippen LogP contribution in [0.25, 0.3) is 0 Å². The predicted octanol–water partition coefficient (Wildman–Crippen LogP) is 2.39. The Bertz CT molecular complexity index is 666. The average Bonchev–Trinajstić information content (AvgIpc) is 3.52. The number of amides is 4. The summed E-state index contributed by atoms with van der Waals surface area (Å²) in [6.45, 7) is 21.5. The van der Waals surface area contributed by atoms with Gasteiger partial charge in [-0.3, -0.25) is 19.2 Å². The molecule has 8 heteroatoms. The van der Waals surface area contributed by atoms with Crippen LogP contribution in [0.1, 0.15) is 59.8 Å². The fourth-order valence-electron chi connectivity index (χ4n) is 1.52. The molecule has 0 aromatic heterocycles. The van der Waals surface area contributed by atoms with Crippen molar-refractivity contribution in [1.82, 2.24) is 0 Å². The standard InChI is InChI=1S/C6H9NO.2C6H11NO.C5H9NO/c1-4(6(7)8)5-2-3-5;1-4(2)5(3)6(7)8;1-3-4-5(2)6(7)8;1-3-4(2)5(6)7/h5H,1-3H2,(H2,7,8);4H,3H2,1-2H3,(H2,7,8);2-4H2,1H3,(H2,7,8);2-3H2,1H3,(H2,6,7). The van der Waals surface area contributed by atoms with Crippen LogP contribution in [0.2, 0.25) is 0 Å². The number of carbonyl (C=O) groups excluding carboxylic acids is 4. The lowest BCUT2D eigenvalue weighted by Crippen LogP contribution is -2.16. The van der Waals surface area contributed by atoms with E-state index in [1.165, 1.54) is 0 Å². The number of primary amides is 4. The molecule has 176 valence electrons. The molecule has 1 aliphatic carbocycles. The van der Waals surface area contributed by atoms with Gasteiger partial charge in [0, 0.05) is 22.3 Å². The minimum Gasteiger partial charge on any atom is -0.366 e. The lowest BCUT2D eigenvalue weighted by atomic mass is 10.1. The molecule has 4 amide bonds. The van der Waals surface area contributed by atoms with Crippen molar-refractivity contribution < 1.29 is 19.2 Å². The highest BCUT2D eigenvalue weighted by atomic mass is 16.2. The van der Waals surface area contributed by atoms with Crippen molar-refractivity contribution in [2.75, 3.05) is 0 Å². The summed E-state index contributed by atoms with van der Waals surface area (Å²) in [6, 6.07) is 0. The van der Waals surface area contributed by atoms with Crippen LogP contribution < -0.4 is 22.9 Å². The van der Waals surface area contributed by atoms with E-state index in [0.29, 0.717) is 34.6 Å². The topological polar surface area (TPSA) is 172 Å². The van der Waals surface area contributed by atoms with E-state index < -0.39 is 11.8 Å². The van der Waals surface area contributed by atoms with Crippen LogP contribution in [0.5, 0.6) is 0 Å². The molecule has 0 unspecified atom stereocenters. The first-order chi connectivity index (χ1) is 14.1. The molecule has 1 saturated carbocycles. The number of hydrogen-bond acceptors (Lipinski definition) is 4. The second-order valence-electron chi connectivity index (χ2n) is 7.25. The zero-order valence-electron chi connectivity index (χ0n) is 19.5. The summed E-state index contributed by atoms with van der Waals surface area (Å²) in [4.78, 5) is 40.8. The average molecular weight is 437 g/mol. The van der Waals surface area contributed by atoms with Gasteiger partial charge in [0.15, 0.2) is 0 Å². The normalized spacial score (nSPS) is 11.1. The van der Waals surface area contributed by atoms with Gasteiger partial charge in [-0.2, -0.15) is 0 Å². The largest absolute Gasteiger partial charge is 0.366 e. The minimum atomic E-state index is -0.403. The second-order valence-corrected chi connectivity index (χ2v) is 7.25. The van der Waals surface area contributed by atoms with Crippen molar-refractivity contribution >= 4 is 23.6 Å². The van der Waals surface area contributed by atoms with E-state index in [1.807, 2.05) is 27.7 Å². The van der Waals surface area contributed by atoms with Crippen LogP contribution in [0, 0.1) is 11.8 Å². The Hall–Kier alpha value is -3.16. The Morgan fingerprint density at radius 2 is 1.19 bits per heavy atom. The van der Waals surface area contributed by atoms with Crippen molar-refractivity contribution in [1.29, 1.82) is 0 Å². The molecule has 0 bridgehead atoms. The van der Waals surface area contributed by atoms with Gasteiger partial charge in [-0.25, -0.2) is 0 Å². The first-order valence-electron chi connectivity index (χ1n) is 10.1. The maximum absolute atomic E-state index is 10.3. The van der Waals surface area contributed by atoms with Gasteiger partial charge in [0.2, 0.25) is 23.6 Å². The van der Waals surface area contributed by atoms with Gasteiger partial charge in [-0.1, -0.05) is 60.4 Å². The van der Waals surface area contributed by atoms with Crippen molar-refractivity contribution in [2.45, 2.75) is 59.8 Å². The highest BCUT2D eigenvalue weighted by Crippen LogP contribution is 2.34. The van der Waals surface area contributed by atoms with Crippen LogP contribution in [-0.4, -0.2) is 23.6 Å². The summed E-state index contributed by atoms with van der Waals surface area (Å²) < 4.78 is 0. The molecule has 1 aliphatic rings. The van der Waals surface area contributed by atoms with Crippen LogP contribution in [-0.2, 0) is 19.2 Å². The molecular weight excluding hydrogens is 396 g/mol. The molecule has 0 radical (unpaired) electrons. The number of hydrogen-bond donors (Lipinski definition) is 4. The van der Waals surface area contributed by atoms with E-state index >= 15 is 0 Å². The molecule has 8 N–H and O–H groups in total. The van der Waals surface area contributed by atoms with Crippen LogP contribution in [0.3, 0.4) is 0 Å². The quantitative estimate of drug-likeness (QED) is 0.406. The molecule has 0 heterocycles. The zero-order chi connectivity index (χ0) is 25.3. The molecule has 0 aromatic carbocycles. The highest BCUT2D eigenvalue weighted by molar-refractivity contribution is 5.92. The molecule has 8 nitrogen and oxygen atoms in total. The third-order valence-electron chi connectivity index (χ3n) is 4.08. The predicted molar refractivity (Wildman–Crippen MR) is 126 cm³/mol. The third-order valence-corrected chi connectivity index (χ3v) is 4.08. The first-order valence-corrected chi connectivity index (χ1v) is 10.1. The summed E-state index contributed by atoms with van der Waals surface area (Å²) >= 11 is 0. The fraction of sp³-hybridized carbons (Fsp3) is 0.478. The molecule has 1 fully saturated rings. The fourth-order valence-corrected chi connectivity index (χ4v) is 1.52. The van der Waals surface area contributed by atoms with E-state index in [2.05, 4.69) is 26.3 Å². The summed E-state index contributed by atoms with van der Waals surface area (Å²) in [5.74, 6) is -0.929. The maximum Gasteiger partial charge on any atom is 0.244 e. The molecule has 0 spiro atoms. The van der Waals surface area contributed by atoms with Gasteiger partial charge in [-0.15, -0.1) is 0 Å². The van der Waals surface area contributed by atoms with Gasteiger partial charge < -0.3 is 22.9 Å². The molecule has 0 atom stereocenters. The van der Waals surface area contributed by atoms with E-state index in [1.54, 1.807) is 0 Å². The van der Waals surface area contributed by atoms with Gasteiger partial charge in [0.05, 0.1) is 0 Å². The molecule has 1 rings (SSSR count). The minimum absolute atomic E-state index is 0.174. The van der Waals surface area contributed by atoms with Crippen molar-refractivity contribution in [3.63, 3.8) is 0 Å². The summed E-state index contributed by atoms with van der Waals surface area (Å²) in [7, 11) is 0. The van der Waals surface area contributed by atoms with Crippen molar-refractivity contribution in [3.05, 3.63) is 48.6 Å². The Labute approximate surface area is 186 Å². The zero-order valence-corrected chi connectivity index (χ0v) is 19.5. The van der Waals surface area contributed by atoms with Crippen molar-refractivity contribution in [2.24, 2.45) is 34.8 Å². The smallest absolute Gasteiger partial charge is 0.244 e. The Morgan fingerprint density at radius 3 is 1.26 bits per heavy atom. The van der Waals surface area contributed by atoms with Crippen molar-refractivity contribution in [3.8, 4) is 0 Å². The molecule has 0 aliphatic heterocycles. The van der Waals surface area contributed by atoms with E-state index in [4.69, 9.17) is 22.9 Å². The second kappa shape index (κ2) is 17.7. The Kier molecular flexibility index (Phi) is 18.5. The van der Waals surface area contributed by atoms with E-state index in [-0.39, 0.29) is 17.7 Å². The number of nitrogens with two attached hydrogens (primary N) is 4. The number of rotatable bonds is 9. The Morgan fingerprint density at radius 1 is 0.774 bits per heavy atom. The molecule has 31 heavy (non-hydrogen) atoms. The molecule has 0 aromatic rings. The third kappa shape index (κ3) is 19.9. The first kappa shape index (κ1) is 32.5.